The predicted molar refractivity (Wildman–Crippen MR) is 78.5 cm³/mol. The van der Waals surface area contributed by atoms with Gasteiger partial charge in [0.25, 0.3) is 0 Å². The highest BCUT2D eigenvalue weighted by Gasteiger charge is 2.19. The maximum Gasteiger partial charge on any atom is 0.144 e. The van der Waals surface area contributed by atoms with E-state index in [4.69, 9.17) is 17.0 Å². The highest BCUT2D eigenvalue weighted by atomic mass is 79.9. The first-order valence-corrected chi connectivity index (χ1v) is 7.64. The van der Waals surface area contributed by atoms with Gasteiger partial charge < -0.3 is 9.72 Å². The molecule has 1 aliphatic heterocycles. The summed E-state index contributed by atoms with van der Waals surface area (Å²) >= 11 is 8.87. The summed E-state index contributed by atoms with van der Waals surface area (Å²) in [6.07, 6.45) is 3.21. The number of aromatic amines is 1. The molecule has 0 aliphatic carbocycles. The summed E-state index contributed by atoms with van der Waals surface area (Å²) in [5.74, 6) is 1.93. The zero-order chi connectivity index (χ0) is 13.1. The maximum atomic E-state index is 5.52. The van der Waals surface area contributed by atoms with Crippen LogP contribution in [-0.2, 0) is 11.2 Å². The van der Waals surface area contributed by atoms with Crippen molar-refractivity contribution in [2.75, 3.05) is 13.2 Å². The van der Waals surface area contributed by atoms with Crippen molar-refractivity contribution in [3.8, 4) is 0 Å². The molecule has 1 saturated heterocycles. The summed E-state index contributed by atoms with van der Waals surface area (Å²) in [6, 6.07) is 0. The molecule has 0 radical (unpaired) electrons. The molecule has 1 N–H and O–H groups in total. The van der Waals surface area contributed by atoms with Crippen LogP contribution in [0.15, 0.2) is 4.47 Å². The zero-order valence-electron chi connectivity index (χ0n) is 10.8. The summed E-state index contributed by atoms with van der Waals surface area (Å²) in [7, 11) is 0. The molecule has 2 heterocycles. The number of ether oxygens (including phenoxy) is 1. The van der Waals surface area contributed by atoms with Gasteiger partial charge in [-0.3, -0.25) is 0 Å². The lowest BCUT2D eigenvalue weighted by Crippen LogP contribution is -2.19. The Morgan fingerprint density at radius 2 is 2.33 bits per heavy atom. The molecule has 0 saturated carbocycles. The van der Waals surface area contributed by atoms with Crippen LogP contribution in [0.5, 0.6) is 0 Å². The molecule has 5 heteroatoms. The minimum absolute atomic E-state index is 0.361. The van der Waals surface area contributed by atoms with Crippen LogP contribution in [0.25, 0.3) is 0 Å². The van der Waals surface area contributed by atoms with E-state index in [-0.39, 0.29) is 0 Å². The predicted octanol–water partition coefficient (Wildman–Crippen LogP) is 3.99. The number of aromatic nitrogens is 2. The molecule has 2 rings (SSSR count). The van der Waals surface area contributed by atoms with Crippen molar-refractivity contribution in [2.45, 2.75) is 39.0 Å². The van der Waals surface area contributed by atoms with Gasteiger partial charge in [-0.2, -0.15) is 0 Å². The molecule has 1 aliphatic rings. The van der Waals surface area contributed by atoms with E-state index < -0.39 is 0 Å². The number of H-pyrrole nitrogens is 1. The van der Waals surface area contributed by atoms with E-state index in [9.17, 15) is 0 Å². The summed E-state index contributed by atoms with van der Waals surface area (Å²) < 4.78 is 7.12. The smallest absolute Gasteiger partial charge is 0.144 e. The van der Waals surface area contributed by atoms with Crippen molar-refractivity contribution >= 4 is 28.1 Å². The summed E-state index contributed by atoms with van der Waals surface area (Å²) in [5, 5.41) is 0. The Bertz CT molecular complexity index is 467. The molecule has 100 valence electrons. The van der Waals surface area contributed by atoms with E-state index in [2.05, 4.69) is 39.7 Å². The maximum absolute atomic E-state index is 5.52. The SMILES string of the molecule is CC(C)Cc1[nH]c(C2CCCOC2)nc(=S)c1Br. The Morgan fingerprint density at radius 1 is 1.56 bits per heavy atom. The molecule has 18 heavy (non-hydrogen) atoms. The Labute approximate surface area is 121 Å². The van der Waals surface area contributed by atoms with Gasteiger partial charge in [-0.05, 0) is 41.1 Å². The second-order valence-electron chi connectivity index (χ2n) is 5.23. The van der Waals surface area contributed by atoms with Gasteiger partial charge in [0.2, 0.25) is 0 Å². The molecule has 1 atom stereocenters. The fraction of sp³-hybridized carbons (Fsp3) is 0.692. The molecular formula is C13H19BrN2OS. The van der Waals surface area contributed by atoms with Crippen molar-refractivity contribution in [1.29, 1.82) is 0 Å². The van der Waals surface area contributed by atoms with Gasteiger partial charge in [0.15, 0.2) is 0 Å². The molecule has 0 amide bonds. The largest absolute Gasteiger partial charge is 0.381 e. The molecule has 0 spiro atoms. The van der Waals surface area contributed by atoms with Gasteiger partial charge in [-0.25, -0.2) is 4.98 Å². The monoisotopic (exact) mass is 330 g/mol. The van der Waals surface area contributed by atoms with Crippen molar-refractivity contribution in [3.63, 3.8) is 0 Å². The van der Waals surface area contributed by atoms with Crippen LogP contribution >= 0.6 is 28.1 Å². The first kappa shape index (κ1) is 14.2. The van der Waals surface area contributed by atoms with Crippen LogP contribution in [0, 0.1) is 10.6 Å². The quantitative estimate of drug-likeness (QED) is 0.851. The molecule has 0 aromatic carbocycles. The molecule has 1 aromatic heterocycles. The van der Waals surface area contributed by atoms with E-state index >= 15 is 0 Å². The van der Waals surface area contributed by atoms with E-state index in [0.29, 0.717) is 16.5 Å². The molecule has 1 aromatic rings. The fourth-order valence-electron chi connectivity index (χ4n) is 2.22. The number of hydrogen-bond donors (Lipinski definition) is 1. The van der Waals surface area contributed by atoms with Gasteiger partial charge >= 0.3 is 0 Å². The first-order chi connectivity index (χ1) is 8.58. The van der Waals surface area contributed by atoms with E-state index in [1.807, 2.05) is 0 Å². The van der Waals surface area contributed by atoms with Gasteiger partial charge in [0, 0.05) is 18.2 Å². The van der Waals surface area contributed by atoms with E-state index in [0.717, 1.165) is 48.5 Å². The van der Waals surface area contributed by atoms with Crippen LogP contribution in [-0.4, -0.2) is 23.2 Å². The Kier molecular flexibility index (Phi) is 4.92. The zero-order valence-corrected chi connectivity index (χ0v) is 13.2. The first-order valence-electron chi connectivity index (χ1n) is 6.44. The van der Waals surface area contributed by atoms with Gasteiger partial charge in [0.1, 0.15) is 10.5 Å². The van der Waals surface area contributed by atoms with E-state index in [1.165, 1.54) is 0 Å². The average molecular weight is 331 g/mol. The van der Waals surface area contributed by atoms with Crippen molar-refractivity contribution in [3.05, 3.63) is 20.6 Å². The summed E-state index contributed by atoms with van der Waals surface area (Å²) in [4.78, 5) is 7.95. The van der Waals surface area contributed by atoms with Gasteiger partial charge in [0.05, 0.1) is 11.1 Å². The normalized spacial score (nSPS) is 20.3. The second-order valence-corrected chi connectivity index (χ2v) is 6.41. The van der Waals surface area contributed by atoms with Crippen LogP contribution in [0.3, 0.4) is 0 Å². The molecule has 1 unspecified atom stereocenters. The average Bonchev–Trinajstić information content (AvgIpc) is 2.35. The standard InChI is InChI=1S/C13H19BrN2OS/c1-8(2)6-10-11(14)13(18)16-12(15-10)9-4-3-5-17-7-9/h8-9H,3-7H2,1-2H3,(H,15,16,18). The van der Waals surface area contributed by atoms with Gasteiger partial charge in [-0.1, -0.05) is 26.1 Å². The Hall–Kier alpha value is -0.260. The van der Waals surface area contributed by atoms with Crippen molar-refractivity contribution in [2.24, 2.45) is 5.92 Å². The third kappa shape index (κ3) is 3.39. The van der Waals surface area contributed by atoms with Crippen LogP contribution in [0.1, 0.15) is 44.1 Å². The van der Waals surface area contributed by atoms with E-state index in [1.54, 1.807) is 0 Å². The molecule has 1 fully saturated rings. The summed E-state index contributed by atoms with van der Waals surface area (Å²) in [6.45, 7) is 6.02. The minimum atomic E-state index is 0.361. The van der Waals surface area contributed by atoms with Crippen molar-refractivity contribution < 1.29 is 4.74 Å². The molecule has 0 bridgehead atoms. The number of nitrogens with zero attached hydrogens (tertiary/aromatic N) is 1. The lowest BCUT2D eigenvalue weighted by molar-refractivity contribution is 0.0779. The second kappa shape index (κ2) is 6.26. The third-order valence-corrected chi connectivity index (χ3v) is 4.53. The topological polar surface area (TPSA) is 37.9 Å². The Morgan fingerprint density at radius 3 is 2.94 bits per heavy atom. The number of nitrogens with one attached hydrogen (secondary N) is 1. The summed E-state index contributed by atoms with van der Waals surface area (Å²) in [5.41, 5.74) is 1.16. The van der Waals surface area contributed by atoms with Crippen LogP contribution in [0.4, 0.5) is 0 Å². The highest BCUT2D eigenvalue weighted by Crippen LogP contribution is 2.26. The number of hydrogen-bond acceptors (Lipinski definition) is 3. The molecular weight excluding hydrogens is 312 g/mol. The lowest BCUT2D eigenvalue weighted by Gasteiger charge is -2.22. The fourth-order valence-corrected chi connectivity index (χ4v) is 2.79. The van der Waals surface area contributed by atoms with Crippen LogP contribution in [0.2, 0.25) is 0 Å². The Balaban J connectivity index is 2.30. The molecule has 3 nitrogen and oxygen atoms in total. The number of rotatable bonds is 3. The minimum Gasteiger partial charge on any atom is -0.381 e. The van der Waals surface area contributed by atoms with Crippen molar-refractivity contribution in [1.82, 2.24) is 9.97 Å². The highest BCUT2D eigenvalue weighted by molar-refractivity contribution is 9.10. The lowest BCUT2D eigenvalue weighted by atomic mass is 10.0. The van der Waals surface area contributed by atoms with Crippen LogP contribution < -0.4 is 0 Å². The third-order valence-electron chi connectivity index (χ3n) is 3.11. The van der Waals surface area contributed by atoms with Gasteiger partial charge in [-0.15, -0.1) is 0 Å². The number of halogens is 1.